The Bertz CT molecular complexity index is 339. The number of aliphatic hydroxyl groups is 1. The van der Waals surface area contributed by atoms with Crippen molar-refractivity contribution in [3.8, 4) is 0 Å². The van der Waals surface area contributed by atoms with Crippen LogP contribution in [0.15, 0.2) is 12.2 Å². The van der Waals surface area contributed by atoms with E-state index >= 15 is 0 Å². The van der Waals surface area contributed by atoms with Crippen LogP contribution in [0.3, 0.4) is 0 Å². The van der Waals surface area contributed by atoms with Crippen LogP contribution in [0.4, 0.5) is 0 Å². The summed E-state index contributed by atoms with van der Waals surface area (Å²) in [5.74, 6) is -0.312. The Balaban J connectivity index is 1.84. The summed E-state index contributed by atoms with van der Waals surface area (Å²) < 4.78 is 10.7. The van der Waals surface area contributed by atoms with Crippen molar-refractivity contribution in [1.29, 1.82) is 0 Å². The Morgan fingerprint density at radius 2 is 1.75 bits per heavy atom. The van der Waals surface area contributed by atoms with Crippen molar-refractivity contribution in [3.63, 3.8) is 0 Å². The molecular weight excluding hydrogens is 256 g/mol. The lowest BCUT2D eigenvalue weighted by molar-refractivity contribution is -0.142. The van der Waals surface area contributed by atoms with Crippen molar-refractivity contribution < 1.29 is 19.4 Å². The summed E-state index contributed by atoms with van der Waals surface area (Å²) in [6.07, 6.45) is 11.1. The first-order valence-electron chi connectivity index (χ1n) is 7.89. The van der Waals surface area contributed by atoms with Crippen LogP contribution in [0, 0.1) is 0 Å². The smallest absolute Gasteiger partial charge is 0.330 e. The molecule has 0 spiro atoms. The van der Waals surface area contributed by atoms with E-state index in [2.05, 4.69) is 0 Å². The van der Waals surface area contributed by atoms with Crippen molar-refractivity contribution in [3.05, 3.63) is 12.2 Å². The Hall–Kier alpha value is -0.870. The lowest BCUT2D eigenvalue weighted by Crippen LogP contribution is -2.17. The molecule has 1 saturated heterocycles. The van der Waals surface area contributed by atoms with Crippen molar-refractivity contribution in [1.82, 2.24) is 0 Å². The Kier molecular flexibility index (Phi) is 6.05. The predicted molar refractivity (Wildman–Crippen MR) is 76.3 cm³/mol. The zero-order valence-electron chi connectivity index (χ0n) is 12.3. The highest BCUT2D eigenvalue weighted by Gasteiger charge is 2.42. The summed E-state index contributed by atoms with van der Waals surface area (Å²) in [5, 5.41) is 9.96. The summed E-state index contributed by atoms with van der Waals surface area (Å²) in [6, 6.07) is 0. The van der Waals surface area contributed by atoms with Gasteiger partial charge in [0.05, 0.1) is 12.2 Å². The highest BCUT2D eigenvalue weighted by atomic mass is 16.6. The maximum atomic E-state index is 11.6. The molecule has 2 rings (SSSR count). The van der Waals surface area contributed by atoms with Crippen molar-refractivity contribution in [2.24, 2.45) is 0 Å². The maximum absolute atomic E-state index is 11.6. The molecule has 114 valence electrons. The molecule has 4 heteroatoms. The van der Waals surface area contributed by atoms with Gasteiger partial charge in [-0.25, -0.2) is 4.79 Å². The van der Waals surface area contributed by atoms with Gasteiger partial charge in [-0.1, -0.05) is 32.1 Å². The van der Waals surface area contributed by atoms with Gasteiger partial charge >= 0.3 is 5.97 Å². The lowest BCUT2D eigenvalue weighted by atomic mass is 10.0. The third-order valence-corrected chi connectivity index (χ3v) is 4.04. The van der Waals surface area contributed by atoms with Gasteiger partial charge in [0.15, 0.2) is 0 Å². The molecule has 0 bridgehead atoms. The molecule has 4 nitrogen and oxygen atoms in total. The molecule has 2 aliphatic heterocycles. The van der Waals surface area contributed by atoms with Gasteiger partial charge in [-0.2, -0.15) is 0 Å². The largest absolute Gasteiger partial charge is 0.460 e. The number of carbonyl (C=O) groups excluding carboxylic acids is 1. The minimum absolute atomic E-state index is 0.0263. The Morgan fingerprint density at radius 1 is 1.10 bits per heavy atom. The van der Waals surface area contributed by atoms with Gasteiger partial charge in [0.2, 0.25) is 0 Å². The maximum Gasteiger partial charge on any atom is 0.330 e. The number of cyclic esters (lactones) is 1. The average Bonchev–Trinajstić information content (AvgIpc) is 3.18. The molecule has 20 heavy (non-hydrogen) atoms. The van der Waals surface area contributed by atoms with Crippen LogP contribution < -0.4 is 0 Å². The first-order chi connectivity index (χ1) is 9.66. The number of esters is 1. The number of rotatable bonds is 0. The minimum Gasteiger partial charge on any atom is -0.460 e. The van der Waals surface area contributed by atoms with Crippen LogP contribution in [-0.4, -0.2) is 35.5 Å². The van der Waals surface area contributed by atoms with E-state index in [1.807, 2.05) is 6.92 Å². The molecule has 0 aromatic rings. The fourth-order valence-electron chi connectivity index (χ4n) is 2.73. The zero-order chi connectivity index (χ0) is 14.4. The summed E-state index contributed by atoms with van der Waals surface area (Å²) in [5.41, 5.74) is 0. The van der Waals surface area contributed by atoms with E-state index in [-0.39, 0.29) is 24.3 Å². The molecule has 2 heterocycles. The highest BCUT2D eigenvalue weighted by Crippen LogP contribution is 2.29. The summed E-state index contributed by atoms with van der Waals surface area (Å²) >= 11 is 0. The number of fused-ring (bicyclic) bond motifs is 1. The second-order valence-corrected chi connectivity index (χ2v) is 5.94. The number of aliphatic hydroxyl groups excluding tert-OH is 1. The van der Waals surface area contributed by atoms with E-state index in [9.17, 15) is 9.90 Å². The van der Waals surface area contributed by atoms with E-state index in [0.717, 1.165) is 25.7 Å². The second kappa shape index (κ2) is 7.79. The van der Waals surface area contributed by atoms with Crippen molar-refractivity contribution in [2.75, 3.05) is 0 Å². The molecule has 0 saturated carbocycles. The van der Waals surface area contributed by atoms with Gasteiger partial charge < -0.3 is 14.6 Å². The number of hydrogen-bond donors (Lipinski definition) is 1. The topological polar surface area (TPSA) is 59.1 Å². The molecule has 1 fully saturated rings. The molecule has 0 aromatic carbocycles. The first-order valence-corrected chi connectivity index (χ1v) is 7.89. The van der Waals surface area contributed by atoms with Gasteiger partial charge in [-0.3, -0.25) is 0 Å². The standard InChI is InChI=1S/C16H26O4/c1-12-8-6-4-2-3-5-7-9-13(17)16-14(20-16)10-11-15(18)19-12/h10-14,16-17H,2-9H2,1H3/b11-10+/t12-,13+,14+,16-/m1/s1. The quantitative estimate of drug-likeness (QED) is 0.548. The molecule has 0 radical (unpaired) electrons. The zero-order valence-corrected chi connectivity index (χ0v) is 12.3. The van der Waals surface area contributed by atoms with E-state index in [1.165, 1.54) is 31.8 Å². The molecule has 0 aliphatic carbocycles. The first kappa shape index (κ1) is 15.5. The third-order valence-electron chi connectivity index (χ3n) is 4.04. The minimum atomic E-state index is -0.410. The number of ether oxygens (including phenoxy) is 2. The van der Waals surface area contributed by atoms with Crippen molar-refractivity contribution >= 4 is 5.97 Å². The van der Waals surface area contributed by atoms with Crippen LogP contribution in [0.2, 0.25) is 0 Å². The highest BCUT2D eigenvalue weighted by molar-refractivity contribution is 5.82. The number of carbonyl (C=O) groups is 1. The predicted octanol–water partition coefficient (Wildman–Crippen LogP) is 2.74. The molecule has 4 atom stereocenters. The molecule has 0 unspecified atom stereocenters. The fraction of sp³-hybridized carbons (Fsp3) is 0.812. The van der Waals surface area contributed by atoms with Gasteiger partial charge in [0.1, 0.15) is 12.2 Å². The van der Waals surface area contributed by atoms with Crippen LogP contribution in [0.5, 0.6) is 0 Å². The average molecular weight is 282 g/mol. The van der Waals surface area contributed by atoms with Crippen LogP contribution in [-0.2, 0) is 14.3 Å². The Morgan fingerprint density at radius 3 is 2.50 bits per heavy atom. The number of hydrogen-bond acceptors (Lipinski definition) is 4. The van der Waals surface area contributed by atoms with Crippen LogP contribution >= 0.6 is 0 Å². The van der Waals surface area contributed by atoms with Gasteiger partial charge in [0.25, 0.3) is 0 Å². The molecular formula is C16H26O4. The molecule has 1 N–H and O–H groups in total. The summed E-state index contributed by atoms with van der Waals surface area (Å²) in [7, 11) is 0. The van der Waals surface area contributed by atoms with E-state index in [0.29, 0.717) is 0 Å². The lowest BCUT2D eigenvalue weighted by Gasteiger charge is -2.12. The van der Waals surface area contributed by atoms with Crippen molar-refractivity contribution in [2.45, 2.75) is 82.7 Å². The Labute approximate surface area is 121 Å². The normalized spacial score (nSPS) is 38.6. The van der Waals surface area contributed by atoms with E-state index in [4.69, 9.17) is 9.47 Å². The van der Waals surface area contributed by atoms with E-state index in [1.54, 1.807) is 6.08 Å². The third kappa shape index (κ3) is 5.25. The molecule has 0 amide bonds. The fourth-order valence-corrected chi connectivity index (χ4v) is 2.73. The van der Waals surface area contributed by atoms with Gasteiger partial charge in [-0.05, 0) is 32.3 Å². The molecule has 2 aliphatic rings. The monoisotopic (exact) mass is 282 g/mol. The second-order valence-electron chi connectivity index (χ2n) is 5.94. The number of epoxide rings is 1. The van der Waals surface area contributed by atoms with E-state index < -0.39 is 6.10 Å². The van der Waals surface area contributed by atoms with Gasteiger partial charge in [-0.15, -0.1) is 0 Å². The SMILES string of the molecule is C[C@@H]1CCCCCCCC[C@H](O)[C@H]2O[C@H]2/C=C/C(=O)O1. The van der Waals surface area contributed by atoms with Gasteiger partial charge in [0, 0.05) is 6.08 Å². The van der Waals surface area contributed by atoms with Crippen LogP contribution in [0.25, 0.3) is 0 Å². The summed E-state index contributed by atoms with van der Waals surface area (Å²) in [4.78, 5) is 11.6. The van der Waals surface area contributed by atoms with Crippen LogP contribution in [0.1, 0.15) is 58.3 Å². The summed E-state index contributed by atoms with van der Waals surface area (Å²) in [6.45, 7) is 1.94. The molecule has 0 aromatic heterocycles.